The number of nitrogens with zero attached hydrogens (tertiary/aromatic N) is 6. The van der Waals surface area contributed by atoms with Crippen molar-refractivity contribution in [1.29, 1.82) is 0 Å². The van der Waals surface area contributed by atoms with Gasteiger partial charge in [-0.1, -0.05) is 0 Å². The Bertz CT molecular complexity index is 1110. The van der Waals surface area contributed by atoms with Gasteiger partial charge >= 0.3 is 0 Å². The molecule has 130 valence electrons. The summed E-state index contributed by atoms with van der Waals surface area (Å²) in [5, 5.41) is 11.9. The van der Waals surface area contributed by atoms with E-state index in [1.165, 1.54) is 0 Å². The van der Waals surface area contributed by atoms with Gasteiger partial charge in [0.05, 0.1) is 36.7 Å². The molecule has 5 heterocycles. The molecule has 0 bridgehead atoms. The van der Waals surface area contributed by atoms with Crippen LogP contribution in [0, 0.1) is 0 Å². The second-order valence-electron chi connectivity index (χ2n) is 6.46. The average molecular weight is 348 g/mol. The lowest BCUT2D eigenvalue weighted by Gasteiger charge is -2.31. The third kappa shape index (κ3) is 2.28. The van der Waals surface area contributed by atoms with Gasteiger partial charge in [0.2, 0.25) is 0 Å². The molecule has 1 atom stereocenters. The van der Waals surface area contributed by atoms with E-state index in [4.69, 9.17) is 0 Å². The standard InChI is InChI=1S/C17H16N8O/c1-24-6-11(5-21-24)12-7-25(8-14-15(12)19-9-18-14)17(26)13-3-2-10-4-20-23-16(10)22-13/h2-6,9,12H,7-8H2,1H3,(H,18,19)(H,20,22,23). The molecule has 1 unspecified atom stereocenters. The molecule has 0 aliphatic carbocycles. The summed E-state index contributed by atoms with van der Waals surface area (Å²) >= 11 is 0. The zero-order chi connectivity index (χ0) is 17.7. The van der Waals surface area contributed by atoms with Crippen LogP contribution in [0.1, 0.15) is 33.4 Å². The highest BCUT2D eigenvalue weighted by atomic mass is 16.2. The molecule has 5 rings (SSSR count). The Balaban J connectivity index is 1.50. The van der Waals surface area contributed by atoms with Crippen molar-refractivity contribution in [2.24, 2.45) is 7.05 Å². The number of H-pyrrole nitrogens is 2. The first-order valence-electron chi connectivity index (χ1n) is 8.29. The topological polar surface area (TPSA) is 108 Å². The highest BCUT2D eigenvalue weighted by Crippen LogP contribution is 2.31. The van der Waals surface area contributed by atoms with E-state index in [0.29, 0.717) is 24.4 Å². The molecule has 1 amide bonds. The number of aromatic nitrogens is 7. The maximum absolute atomic E-state index is 13.1. The molecule has 26 heavy (non-hydrogen) atoms. The first-order chi connectivity index (χ1) is 12.7. The van der Waals surface area contributed by atoms with Gasteiger partial charge in [0.1, 0.15) is 5.69 Å². The molecule has 4 aromatic rings. The third-order valence-corrected chi connectivity index (χ3v) is 4.77. The fourth-order valence-corrected chi connectivity index (χ4v) is 3.47. The van der Waals surface area contributed by atoms with Crippen LogP contribution < -0.4 is 0 Å². The lowest BCUT2D eigenvalue weighted by atomic mass is 9.93. The van der Waals surface area contributed by atoms with E-state index < -0.39 is 0 Å². The van der Waals surface area contributed by atoms with E-state index in [9.17, 15) is 4.79 Å². The Morgan fingerprint density at radius 1 is 1.31 bits per heavy atom. The lowest BCUT2D eigenvalue weighted by Crippen LogP contribution is -2.39. The smallest absolute Gasteiger partial charge is 0.272 e. The molecule has 0 aromatic carbocycles. The van der Waals surface area contributed by atoms with Crippen LogP contribution >= 0.6 is 0 Å². The largest absolute Gasteiger partial charge is 0.347 e. The Labute approximate surface area is 148 Å². The Morgan fingerprint density at radius 3 is 3.08 bits per heavy atom. The zero-order valence-electron chi connectivity index (χ0n) is 14.0. The first kappa shape index (κ1) is 14.8. The van der Waals surface area contributed by atoms with Crippen molar-refractivity contribution in [3.8, 4) is 0 Å². The summed E-state index contributed by atoms with van der Waals surface area (Å²) in [6.45, 7) is 1.01. The molecule has 9 nitrogen and oxygen atoms in total. The van der Waals surface area contributed by atoms with Gasteiger partial charge in [-0.3, -0.25) is 14.6 Å². The number of carbonyl (C=O) groups is 1. The SMILES string of the molecule is Cn1cc(C2CN(C(=O)c3ccc4cn[nH]c4n3)Cc3[nH]cnc32)cn1. The van der Waals surface area contributed by atoms with Crippen molar-refractivity contribution in [2.75, 3.05) is 6.54 Å². The summed E-state index contributed by atoms with van der Waals surface area (Å²) in [4.78, 5) is 26.9. The molecule has 1 aliphatic rings. The lowest BCUT2D eigenvalue weighted by molar-refractivity contribution is 0.0716. The molecule has 0 radical (unpaired) electrons. The van der Waals surface area contributed by atoms with Crippen LogP contribution in [0.3, 0.4) is 0 Å². The summed E-state index contributed by atoms with van der Waals surface area (Å²) in [6, 6.07) is 3.59. The molecule has 0 fully saturated rings. The average Bonchev–Trinajstić information content (AvgIpc) is 3.39. The molecular formula is C17H16N8O. The zero-order valence-corrected chi connectivity index (χ0v) is 14.0. The second-order valence-corrected chi connectivity index (χ2v) is 6.46. The van der Waals surface area contributed by atoms with Crippen LogP contribution in [0.2, 0.25) is 0 Å². The monoisotopic (exact) mass is 348 g/mol. The van der Waals surface area contributed by atoms with Crippen molar-refractivity contribution in [2.45, 2.75) is 12.5 Å². The van der Waals surface area contributed by atoms with Crippen LogP contribution in [0.15, 0.2) is 37.1 Å². The number of fused-ring (bicyclic) bond motifs is 2. The molecule has 9 heteroatoms. The first-order valence-corrected chi connectivity index (χ1v) is 8.29. The predicted octanol–water partition coefficient (Wildman–Crippen LogP) is 1.20. The minimum absolute atomic E-state index is 0.0152. The van der Waals surface area contributed by atoms with E-state index in [-0.39, 0.29) is 11.8 Å². The molecule has 0 saturated carbocycles. The van der Waals surface area contributed by atoms with Gasteiger partial charge in [0.25, 0.3) is 5.91 Å². The molecule has 0 spiro atoms. The fraction of sp³-hybridized carbons (Fsp3) is 0.235. The number of hydrogen-bond acceptors (Lipinski definition) is 5. The van der Waals surface area contributed by atoms with Crippen molar-refractivity contribution in [3.05, 3.63) is 59.7 Å². The summed E-state index contributed by atoms with van der Waals surface area (Å²) in [5.41, 5.74) is 3.96. The number of hydrogen-bond donors (Lipinski definition) is 2. The van der Waals surface area contributed by atoms with Crippen LogP contribution in [-0.2, 0) is 13.6 Å². The van der Waals surface area contributed by atoms with Gasteiger partial charge in [-0.2, -0.15) is 10.2 Å². The van der Waals surface area contributed by atoms with Crippen molar-refractivity contribution in [3.63, 3.8) is 0 Å². The number of carbonyl (C=O) groups excluding carboxylic acids is 1. The molecule has 2 N–H and O–H groups in total. The normalized spacial score (nSPS) is 16.8. The minimum Gasteiger partial charge on any atom is -0.347 e. The van der Waals surface area contributed by atoms with Crippen LogP contribution in [0.4, 0.5) is 0 Å². The predicted molar refractivity (Wildman–Crippen MR) is 92.3 cm³/mol. The van der Waals surface area contributed by atoms with E-state index in [1.54, 1.807) is 28.2 Å². The second kappa shape index (κ2) is 5.51. The van der Waals surface area contributed by atoms with Gasteiger partial charge in [-0.25, -0.2) is 9.97 Å². The highest BCUT2D eigenvalue weighted by molar-refractivity contribution is 5.94. The number of amides is 1. The van der Waals surface area contributed by atoms with E-state index in [1.807, 2.05) is 25.5 Å². The summed E-state index contributed by atoms with van der Waals surface area (Å²) in [6.07, 6.45) is 7.15. The molecular weight excluding hydrogens is 332 g/mol. The summed E-state index contributed by atoms with van der Waals surface area (Å²) in [5.74, 6) is -0.130. The summed E-state index contributed by atoms with van der Waals surface area (Å²) in [7, 11) is 1.88. The maximum atomic E-state index is 13.1. The van der Waals surface area contributed by atoms with Gasteiger partial charge in [-0.05, 0) is 12.1 Å². The molecule has 4 aromatic heterocycles. The molecule has 0 saturated heterocycles. The number of aromatic amines is 2. The maximum Gasteiger partial charge on any atom is 0.272 e. The van der Waals surface area contributed by atoms with Gasteiger partial charge in [0.15, 0.2) is 5.65 Å². The minimum atomic E-state index is -0.115. The Kier molecular flexibility index (Phi) is 3.14. The van der Waals surface area contributed by atoms with Gasteiger partial charge < -0.3 is 9.88 Å². The number of rotatable bonds is 2. The van der Waals surface area contributed by atoms with Crippen molar-refractivity contribution >= 4 is 16.9 Å². The van der Waals surface area contributed by atoms with Crippen LogP contribution in [0.5, 0.6) is 0 Å². The molecule has 1 aliphatic heterocycles. The summed E-state index contributed by atoms with van der Waals surface area (Å²) < 4.78 is 1.76. The van der Waals surface area contributed by atoms with Crippen molar-refractivity contribution in [1.82, 2.24) is 39.8 Å². The number of aryl methyl sites for hydroxylation is 1. The quantitative estimate of drug-likeness (QED) is 0.566. The Morgan fingerprint density at radius 2 is 2.23 bits per heavy atom. The van der Waals surface area contributed by atoms with Gasteiger partial charge in [0, 0.05) is 36.7 Å². The number of imidazole rings is 1. The van der Waals surface area contributed by atoms with Crippen molar-refractivity contribution < 1.29 is 4.79 Å². The van der Waals surface area contributed by atoms with E-state index in [0.717, 1.165) is 22.3 Å². The van der Waals surface area contributed by atoms with E-state index in [2.05, 4.69) is 30.2 Å². The fourth-order valence-electron chi connectivity index (χ4n) is 3.47. The highest BCUT2D eigenvalue weighted by Gasteiger charge is 2.32. The van der Waals surface area contributed by atoms with Crippen LogP contribution in [0.25, 0.3) is 11.0 Å². The Hall–Kier alpha value is -3.49. The third-order valence-electron chi connectivity index (χ3n) is 4.77. The number of pyridine rings is 1. The van der Waals surface area contributed by atoms with Gasteiger partial charge in [-0.15, -0.1) is 0 Å². The van der Waals surface area contributed by atoms with E-state index >= 15 is 0 Å². The number of nitrogens with one attached hydrogen (secondary N) is 2. The van der Waals surface area contributed by atoms with Crippen LogP contribution in [-0.4, -0.2) is 52.3 Å².